The van der Waals surface area contributed by atoms with E-state index in [1.54, 1.807) is 43.8 Å². The van der Waals surface area contributed by atoms with Crippen LogP contribution in [0.3, 0.4) is 0 Å². The van der Waals surface area contributed by atoms with Crippen LogP contribution in [0.2, 0.25) is 0 Å². The van der Waals surface area contributed by atoms with Crippen molar-refractivity contribution in [3.63, 3.8) is 0 Å². The first-order valence-corrected chi connectivity index (χ1v) is 9.61. The molecule has 8 heteroatoms. The highest BCUT2D eigenvalue weighted by atomic mass is 19.4. The topological polar surface area (TPSA) is 64.4 Å². The molecular formula is C23H23F3N2O3. The normalized spacial score (nSPS) is 12.1. The highest BCUT2D eigenvalue weighted by Gasteiger charge is 2.30. The molecule has 0 aliphatic rings. The van der Waals surface area contributed by atoms with Crippen LogP contribution in [-0.2, 0) is 31.0 Å². The van der Waals surface area contributed by atoms with Crippen molar-refractivity contribution in [2.24, 2.45) is 12.5 Å². The molecule has 0 aliphatic carbocycles. The Labute approximate surface area is 178 Å². The predicted molar refractivity (Wildman–Crippen MR) is 110 cm³/mol. The summed E-state index contributed by atoms with van der Waals surface area (Å²) in [5, 5.41) is 13.6. The van der Waals surface area contributed by atoms with Crippen LogP contribution in [0.4, 0.5) is 13.2 Å². The summed E-state index contributed by atoms with van der Waals surface area (Å²) >= 11 is 0. The molecule has 0 atom stereocenters. The molecule has 3 rings (SSSR count). The standard InChI is InChI=1S/C23H23F3N2O3/c1-22(2,21(29)30)13-15-4-10-19(11-5-15)31-14-18-12-20(27-28(18)3)16-6-8-17(9-7-16)23(24,25)26/h4-12H,13-14H2,1-3H3,(H,29,30). The van der Waals surface area contributed by atoms with Gasteiger partial charge >= 0.3 is 12.1 Å². The fourth-order valence-corrected chi connectivity index (χ4v) is 3.06. The van der Waals surface area contributed by atoms with Gasteiger partial charge in [-0.3, -0.25) is 9.48 Å². The zero-order valence-electron chi connectivity index (χ0n) is 17.4. The number of carboxylic acids is 1. The molecule has 0 aliphatic heterocycles. The van der Waals surface area contributed by atoms with Gasteiger partial charge in [-0.15, -0.1) is 0 Å². The van der Waals surface area contributed by atoms with Crippen molar-refractivity contribution < 1.29 is 27.8 Å². The van der Waals surface area contributed by atoms with E-state index in [9.17, 15) is 23.1 Å². The van der Waals surface area contributed by atoms with E-state index in [2.05, 4.69) is 5.10 Å². The van der Waals surface area contributed by atoms with Gasteiger partial charge in [-0.25, -0.2) is 0 Å². The summed E-state index contributed by atoms with van der Waals surface area (Å²) in [6, 6.07) is 13.8. The third-order valence-electron chi connectivity index (χ3n) is 5.02. The maximum Gasteiger partial charge on any atom is 0.416 e. The van der Waals surface area contributed by atoms with Gasteiger partial charge in [0.05, 0.1) is 22.4 Å². The van der Waals surface area contributed by atoms with Gasteiger partial charge in [0, 0.05) is 12.6 Å². The minimum atomic E-state index is -4.37. The van der Waals surface area contributed by atoms with Crippen LogP contribution in [0.15, 0.2) is 54.6 Å². The quantitative estimate of drug-likeness (QED) is 0.548. The second-order valence-corrected chi connectivity index (χ2v) is 8.02. The molecule has 164 valence electrons. The Morgan fingerprint density at radius 3 is 2.23 bits per heavy atom. The van der Waals surface area contributed by atoms with Gasteiger partial charge in [0.25, 0.3) is 0 Å². The van der Waals surface area contributed by atoms with Crippen LogP contribution in [-0.4, -0.2) is 20.9 Å². The molecular weight excluding hydrogens is 409 g/mol. The fourth-order valence-electron chi connectivity index (χ4n) is 3.06. The summed E-state index contributed by atoms with van der Waals surface area (Å²) in [5.74, 6) is -0.234. The number of hydrogen-bond donors (Lipinski definition) is 1. The Kier molecular flexibility index (Phi) is 6.10. The third kappa shape index (κ3) is 5.45. The summed E-state index contributed by atoms with van der Waals surface area (Å²) in [4.78, 5) is 11.3. The Balaban J connectivity index is 1.65. The number of carboxylic acid groups (broad SMARTS) is 1. The number of benzene rings is 2. The number of carbonyl (C=O) groups is 1. The SMILES string of the molecule is Cn1nc(-c2ccc(C(F)(F)F)cc2)cc1COc1ccc(CC(C)(C)C(=O)O)cc1. The zero-order valence-corrected chi connectivity index (χ0v) is 17.4. The van der Waals surface area contributed by atoms with E-state index in [-0.39, 0.29) is 6.61 Å². The second kappa shape index (κ2) is 8.45. The lowest BCUT2D eigenvalue weighted by atomic mass is 9.86. The number of aryl methyl sites for hydroxylation is 1. The molecule has 31 heavy (non-hydrogen) atoms. The van der Waals surface area contributed by atoms with Crippen molar-refractivity contribution in [1.29, 1.82) is 0 Å². The molecule has 3 aromatic rings. The van der Waals surface area contributed by atoms with Gasteiger partial charge in [0.1, 0.15) is 12.4 Å². The number of aliphatic carboxylic acids is 1. The molecule has 0 amide bonds. The lowest BCUT2D eigenvalue weighted by Gasteiger charge is -2.19. The Hall–Kier alpha value is -3.29. The zero-order chi connectivity index (χ0) is 22.8. The average Bonchev–Trinajstić information content (AvgIpc) is 3.07. The second-order valence-electron chi connectivity index (χ2n) is 8.02. The lowest BCUT2D eigenvalue weighted by molar-refractivity contribution is -0.146. The number of hydrogen-bond acceptors (Lipinski definition) is 3. The first kappa shape index (κ1) is 22.4. The maximum atomic E-state index is 12.7. The van der Waals surface area contributed by atoms with Gasteiger partial charge in [-0.2, -0.15) is 18.3 Å². The Bertz CT molecular complexity index is 1050. The van der Waals surface area contributed by atoms with E-state index >= 15 is 0 Å². The van der Waals surface area contributed by atoms with Crippen molar-refractivity contribution >= 4 is 5.97 Å². The molecule has 1 aromatic heterocycles. The number of nitrogens with zero attached hydrogens (tertiary/aromatic N) is 2. The van der Waals surface area contributed by atoms with E-state index in [1.165, 1.54) is 12.1 Å². The minimum Gasteiger partial charge on any atom is -0.487 e. The molecule has 1 N–H and O–H groups in total. The number of alkyl halides is 3. The van der Waals surface area contributed by atoms with Crippen LogP contribution >= 0.6 is 0 Å². The van der Waals surface area contributed by atoms with Crippen molar-refractivity contribution in [3.8, 4) is 17.0 Å². The summed E-state index contributed by atoms with van der Waals surface area (Å²) in [6.07, 6.45) is -3.97. The van der Waals surface area contributed by atoms with Gasteiger partial charge in [-0.1, -0.05) is 24.3 Å². The molecule has 0 saturated heterocycles. The average molecular weight is 432 g/mol. The molecule has 5 nitrogen and oxygen atoms in total. The molecule has 1 heterocycles. The Morgan fingerprint density at radius 2 is 1.68 bits per heavy atom. The smallest absolute Gasteiger partial charge is 0.416 e. The van der Waals surface area contributed by atoms with Crippen LogP contribution in [0, 0.1) is 5.41 Å². The predicted octanol–water partition coefficient (Wildman–Crippen LogP) is 5.34. The fraction of sp³-hybridized carbons (Fsp3) is 0.304. The number of aromatic nitrogens is 2. The first-order chi connectivity index (χ1) is 14.5. The summed E-state index contributed by atoms with van der Waals surface area (Å²) in [5.41, 5.74) is 1.23. The van der Waals surface area contributed by atoms with Crippen LogP contribution in [0.5, 0.6) is 5.75 Å². The highest BCUT2D eigenvalue weighted by molar-refractivity contribution is 5.74. The maximum absolute atomic E-state index is 12.7. The van der Waals surface area contributed by atoms with Gasteiger partial charge in [0.2, 0.25) is 0 Å². The monoisotopic (exact) mass is 432 g/mol. The van der Waals surface area contributed by atoms with Crippen molar-refractivity contribution in [1.82, 2.24) is 9.78 Å². The Morgan fingerprint density at radius 1 is 1.06 bits per heavy atom. The van der Waals surface area contributed by atoms with Crippen molar-refractivity contribution in [3.05, 3.63) is 71.4 Å². The molecule has 0 fully saturated rings. The molecule has 0 spiro atoms. The van der Waals surface area contributed by atoms with Crippen molar-refractivity contribution in [2.75, 3.05) is 0 Å². The number of rotatable bonds is 7. The number of halogens is 3. The molecule has 2 aromatic carbocycles. The van der Waals surface area contributed by atoms with Crippen molar-refractivity contribution in [2.45, 2.75) is 33.1 Å². The summed E-state index contributed by atoms with van der Waals surface area (Å²) in [7, 11) is 1.74. The molecule has 0 unspecified atom stereocenters. The largest absolute Gasteiger partial charge is 0.487 e. The van der Waals surface area contributed by atoms with E-state index in [0.717, 1.165) is 23.4 Å². The summed E-state index contributed by atoms with van der Waals surface area (Å²) in [6.45, 7) is 3.58. The lowest BCUT2D eigenvalue weighted by Crippen LogP contribution is -2.26. The van der Waals surface area contributed by atoms with E-state index in [4.69, 9.17) is 4.74 Å². The summed E-state index contributed by atoms with van der Waals surface area (Å²) < 4.78 is 45.6. The third-order valence-corrected chi connectivity index (χ3v) is 5.02. The van der Waals surface area contributed by atoms with Crippen LogP contribution < -0.4 is 4.74 Å². The van der Waals surface area contributed by atoms with E-state index in [1.807, 2.05) is 12.1 Å². The first-order valence-electron chi connectivity index (χ1n) is 9.61. The molecule has 0 bridgehead atoms. The van der Waals surface area contributed by atoms with Gasteiger partial charge in [-0.05, 0) is 56.2 Å². The molecule has 0 radical (unpaired) electrons. The van der Waals surface area contributed by atoms with E-state index in [0.29, 0.717) is 23.4 Å². The van der Waals surface area contributed by atoms with Crippen LogP contribution in [0.25, 0.3) is 11.3 Å². The van der Waals surface area contributed by atoms with Crippen LogP contribution in [0.1, 0.15) is 30.7 Å². The van der Waals surface area contributed by atoms with Gasteiger partial charge in [0.15, 0.2) is 0 Å². The number of ether oxygens (including phenoxy) is 1. The molecule has 0 saturated carbocycles. The minimum absolute atomic E-state index is 0.226. The van der Waals surface area contributed by atoms with Gasteiger partial charge < -0.3 is 9.84 Å². The van der Waals surface area contributed by atoms with E-state index < -0.39 is 23.1 Å². The highest BCUT2D eigenvalue weighted by Crippen LogP contribution is 2.31.